The number of fused-ring (bicyclic) bond motifs is 1. The second-order valence-corrected chi connectivity index (χ2v) is 5.75. The summed E-state index contributed by atoms with van der Waals surface area (Å²) in [5.74, 6) is -0.266. The van der Waals surface area contributed by atoms with Crippen molar-refractivity contribution in [1.82, 2.24) is 14.9 Å². The molecule has 1 aromatic heterocycles. The predicted octanol–water partition coefficient (Wildman–Crippen LogP) is 0.952. The highest BCUT2D eigenvalue weighted by Gasteiger charge is 2.20. The monoisotopic (exact) mass is 331 g/mol. The molecule has 3 rings (SSSR count). The normalized spacial score (nSPS) is 17.3. The van der Waals surface area contributed by atoms with Crippen LogP contribution in [0.1, 0.15) is 23.5 Å². The van der Waals surface area contributed by atoms with Gasteiger partial charge in [0.15, 0.2) is 0 Å². The molecule has 1 atom stereocenters. The highest BCUT2D eigenvalue weighted by molar-refractivity contribution is 5.93. The van der Waals surface area contributed by atoms with Crippen molar-refractivity contribution in [2.75, 3.05) is 26.9 Å². The Kier molecular flexibility index (Phi) is 5.22. The molecular formula is C17H21N3O4. The fourth-order valence-electron chi connectivity index (χ4n) is 2.82. The maximum absolute atomic E-state index is 12.7. The Morgan fingerprint density at radius 3 is 3.04 bits per heavy atom. The standard InChI is InChI=1S/C17H21N3O4/c1-23-10-8-20-15(16(21)18-11-12-5-4-9-24-12)19-14-7-3-2-6-13(14)17(20)22/h2-3,6-7,12H,4-5,8-11H2,1H3,(H,18,21)/t12-/m1/s1. The second kappa shape index (κ2) is 7.55. The number of nitrogens with one attached hydrogen (secondary N) is 1. The number of methoxy groups -OCH3 is 1. The number of ether oxygens (including phenoxy) is 2. The molecular weight excluding hydrogens is 310 g/mol. The lowest BCUT2D eigenvalue weighted by atomic mass is 10.2. The van der Waals surface area contributed by atoms with Gasteiger partial charge in [-0.3, -0.25) is 14.2 Å². The van der Waals surface area contributed by atoms with Gasteiger partial charge in [-0.25, -0.2) is 4.98 Å². The van der Waals surface area contributed by atoms with Gasteiger partial charge in [0.2, 0.25) is 5.82 Å². The number of carbonyl (C=O) groups is 1. The maximum atomic E-state index is 12.7. The van der Waals surface area contributed by atoms with Crippen LogP contribution in [0.15, 0.2) is 29.1 Å². The van der Waals surface area contributed by atoms with Gasteiger partial charge in [-0.2, -0.15) is 0 Å². The molecule has 24 heavy (non-hydrogen) atoms. The van der Waals surface area contributed by atoms with Gasteiger partial charge in [0.25, 0.3) is 11.5 Å². The molecule has 1 aromatic carbocycles. The highest BCUT2D eigenvalue weighted by atomic mass is 16.5. The van der Waals surface area contributed by atoms with Gasteiger partial charge in [0.05, 0.1) is 30.2 Å². The molecule has 1 aliphatic heterocycles. The van der Waals surface area contributed by atoms with Crippen molar-refractivity contribution in [3.63, 3.8) is 0 Å². The maximum Gasteiger partial charge on any atom is 0.287 e. The molecule has 1 saturated heterocycles. The number of hydrogen-bond donors (Lipinski definition) is 1. The van der Waals surface area contributed by atoms with Gasteiger partial charge in [-0.05, 0) is 25.0 Å². The molecule has 1 amide bonds. The van der Waals surface area contributed by atoms with Gasteiger partial charge in [0, 0.05) is 20.3 Å². The first-order chi connectivity index (χ1) is 11.7. The zero-order valence-corrected chi connectivity index (χ0v) is 13.7. The van der Waals surface area contributed by atoms with Crippen molar-refractivity contribution in [3.05, 3.63) is 40.4 Å². The van der Waals surface area contributed by atoms with Crippen LogP contribution in [-0.4, -0.2) is 48.4 Å². The van der Waals surface area contributed by atoms with E-state index in [-0.39, 0.29) is 29.9 Å². The lowest BCUT2D eigenvalue weighted by molar-refractivity contribution is 0.0842. The molecule has 0 saturated carbocycles. The summed E-state index contributed by atoms with van der Waals surface area (Å²) in [6, 6.07) is 7.02. The Morgan fingerprint density at radius 2 is 2.29 bits per heavy atom. The summed E-state index contributed by atoms with van der Waals surface area (Å²) in [5, 5.41) is 3.31. The van der Waals surface area contributed by atoms with Crippen LogP contribution in [0, 0.1) is 0 Å². The van der Waals surface area contributed by atoms with Gasteiger partial charge in [0.1, 0.15) is 0 Å². The Hall–Kier alpha value is -2.25. The van der Waals surface area contributed by atoms with Crippen molar-refractivity contribution in [2.24, 2.45) is 0 Å². The number of benzene rings is 1. The minimum absolute atomic E-state index is 0.0357. The Labute approximate surface area is 139 Å². The molecule has 1 N–H and O–H groups in total. The quantitative estimate of drug-likeness (QED) is 0.852. The predicted molar refractivity (Wildman–Crippen MR) is 89.2 cm³/mol. The van der Waals surface area contributed by atoms with E-state index in [4.69, 9.17) is 9.47 Å². The Bertz CT molecular complexity index is 781. The Balaban J connectivity index is 1.91. The molecule has 2 aromatic rings. The molecule has 1 fully saturated rings. The number of rotatable bonds is 6. The van der Waals surface area contributed by atoms with E-state index >= 15 is 0 Å². The third-order valence-electron chi connectivity index (χ3n) is 4.10. The number of amides is 1. The van der Waals surface area contributed by atoms with E-state index in [1.807, 2.05) is 0 Å². The minimum atomic E-state index is -0.371. The van der Waals surface area contributed by atoms with Crippen LogP contribution < -0.4 is 10.9 Å². The van der Waals surface area contributed by atoms with Gasteiger partial charge >= 0.3 is 0 Å². The van der Waals surface area contributed by atoms with Crippen molar-refractivity contribution >= 4 is 16.8 Å². The summed E-state index contributed by atoms with van der Waals surface area (Å²) >= 11 is 0. The summed E-state index contributed by atoms with van der Waals surface area (Å²) in [7, 11) is 1.55. The van der Waals surface area contributed by atoms with Crippen LogP contribution in [0.2, 0.25) is 0 Å². The van der Waals surface area contributed by atoms with E-state index in [0.29, 0.717) is 24.1 Å². The summed E-state index contributed by atoms with van der Waals surface area (Å²) in [5.41, 5.74) is 0.276. The molecule has 1 aliphatic rings. The summed E-state index contributed by atoms with van der Waals surface area (Å²) < 4.78 is 11.9. The van der Waals surface area contributed by atoms with Crippen molar-refractivity contribution in [3.8, 4) is 0 Å². The average molecular weight is 331 g/mol. The number of carbonyl (C=O) groups excluding carboxylic acids is 1. The van der Waals surface area contributed by atoms with E-state index in [1.54, 1.807) is 31.4 Å². The van der Waals surface area contributed by atoms with Crippen LogP contribution in [0.4, 0.5) is 0 Å². The SMILES string of the molecule is COCCn1c(C(=O)NC[C@H]2CCCO2)nc2ccccc2c1=O. The van der Waals surface area contributed by atoms with Crippen LogP contribution in [0.25, 0.3) is 10.9 Å². The average Bonchev–Trinajstić information content (AvgIpc) is 3.12. The third-order valence-corrected chi connectivity index (χ3v) is 4.10. The van der Waals surface area contributed by atoms with Gasteiger partial charge in [-0.1, -0.05) is 12.1 Å². The third kappa shape index (κ3) is 3.47. The minimum Gasteiger partial charge on any atom is -0.383 e. The second-order valence-electron chi connectivity index (χ2n) is 5.75. The highest BCUT2D eigenvalue weighted by Crippen LogP contribution is 2.11. The molecule has 2 heterocycles. The number of aromatic nitrogens is 2. The lowest BCUT2D eigenvalue weighted by Crippen LogP contribution is -2.37. The Morgan fingerprint density at radius 1 is 1.46 bits per heavy atom. The number of para-hydroxylation sites is 1. The summed E-state index contributed by atoms with van der Waals surface area (Å²) in [4.78, 5) is 29.6. The first-order valence-corrected chi connectivity index (χ1v) is 8.09. The molecule has 128 valence electrons. The van der Waals surface area contributed by atoms with E-state index < -0.39 is 0 Å². The van der Waals surface area contributed by atoms with Crippen LogP contribution in [0.3, 0.4) is 0 Å². The molecule has 0 aliphatic carbocycles. The molecule has 0 radical (unpaired) electrons. The fourth-order valence-corrected chi connectivity index (χ4v) is 2.82. The van der Waals surface area contributed by atoms with Crippen molar-refractivity contribution in [1.29, 1.82) is 0 Å². The first kappa shape index (κ1) is 16.6. The van der Waals surface area contributed by atoms with Gasteiger partial charge in [-0.15, -0.1) is 0 Å². The van der Waals surface area contributed by atoms with E-state index in [1.165, 1.54) is 4.57 Å². The van der Waals surface area contributed by atoms with Crippen LogP contribution in [0.5, 0.6) is 0 Å². The zero-order valence-electron chi connectivity index (χ0n) is 13.7. The molecule has 0 spiro atoms. The van der Waals surface area contributed by atoms with E-state index in [9.17, 15) is 9.59 Å². The largest absolute Gasteiger partial charge is 0.383 e. The summed E-state index contributed by atoms with van der Waals surface area (Å²) in [6.07, 6.45) is 1.98. The van der Waals surface area contributed by atoms with Crippen molar-refractivity contribution in [2.45, 2.75) is 25.5 Å². The lowest BCUT2D eigenvalue weighted by Gasteiger charge is -2.14. The number of nitrogens with zero attached hydrogens (tertiary/aromatic N) is 2. The molecule has 7 nitrogen and oxygen atoms in total. The van der Waals surface area contributed by atoms with Gasteiger partial charge < -0.3 is 14.8 Å². The fraction of sp³-hybridized carbons (Fsp3) is 0.471. The first-order valence-electron chi connectivity index (χ1n) is 8.09. The smallest absolute Gasteiger partial charge is 0.287 e. The molecule has 7 heteroatoms. The molecule has 0 unspecified atom stereocenters. The van der Waals surface area contributed by atoms with Crippen LogP contribution in [-0.2, 0) is 16.0 Å². The van der Waals surface area contributed by atoms with E-state index in [2.05, 4.69) is 10.3 Å². The van der Waals surface area contributed by atoms with Crippen LogP contribution >= 0.6 is 0 Å². The molecule has 0 bridgehead atoms. The van der Waals surface area contributed by atoms with E-state index in [0.717, 1.165) is 19.4 Å². The van der Waals surface area contributed by atoms with Crippen molar-refractivity contribution < 1.29 is 14.3 Å². The number of hydrogen-bond acceptors (Lipinski definition) is 5. The summed E-state index contributed by atoms with van der Waals surface area (Å²) in [6.45, 7) is 1.75. The topological polar surface area (TPSA) is 82.4 Å². The zero-order chi connectivity index (χ0) is 16.9.